The average Bonchev–Trinajstić information content (AvgIpc) is 2.85. The monoisotopic (exact) mass is 273 g/mol. The fraction of sp³-hybridized carbons (Fsp3) is 0.385. The minimum absolute atomic E-state index is 0.0616. The molecule has 104 valence electrons. The molecule has 1 unspecified atom stereocenters. The van der Waals surface area contributed by atoms with Crippen LogP contribution in [0.5, 0.6) is 0 Å². The topological polar surface area (TPSA) is 86.7 Å². The van der Waals surface area contributed by atoms with E-state index in [9.17, 15) is 9.59 Å². The summed E-state index contributed by atoms with van der Waals surface area (Å²) in [6.45, 7) is 3.22. The highest BCUT2D eigenvalue weighted by Crippen LogP contribution is 2.19. The van der Waals surface area contributed by atoms with Crippen LogP contribution in [-0.4, -0.2) is 35.7 Å². The SMILES string of the molecule is CC1CC(=O)NN=C1c1ccc(N2CCNC2=O)nc1. The van der Waals surface area contributed by atoms with Crippen molar-refractivity contribution in [3.63, 3.8) is 0 Å². The number of nitrogens with one attached hydrogen (secondary N) is 2. The van der Waals surface area contributed by atoms with E-state index in [-0.39, 0.29) is 17.9 Å². The third-order valence-electron chi connectivity index (χ3n) is 3.44. The lowest BCUT2D eigenvalue weighted by atomic mass is 9.95. The van der Waals surface area contributed by atoms with Crippen molar-refractivity contribution in [3.8, 4) is 0 Å². The average molecular weight is 273 g/mol. The Morgan fingerprint density at radius 1 is 1.35 bits per heavy atom. The molecular formula is C13H15N5O2. The van der Waals surface area contributed by atoms with Gasteiger partial charge in [0.15, 0.2) is 0 Å². The zero-order chi connectivity index (χ0) is 14.1. The van der Waals surface area contributed by atoms with Gasteiger partial charge in [-0.2, -0.15) is 5.10 Å². The lowest BCUT2D eigenvalue weighted by Crippen LogP contribution is -2.32. The first-order chi connectivity index (χ1) is 9.65. The molecule has 20 heavy (non-hydrogen) atoms. The summed E-state index contributed by atoms with van der Waals surface area (Å²) in [6, 6.07) is 3.55. The van der Waals surface area contributed by atoms with Gasteiger partial charge >= 0.3 is 6.03 Å². The van der Waals surface area contributed by atoms with Gasteiger partial charge in [-0.3, -0.25) is 9.69 Å². The molecule has 1 atom stereocenters. The van der Waals surface area contributed by atoms with Crippen molar-refractivity contribution < 1.29 is 9.59 Å². The minimum atomic E-state index is -0.124. The molecule has 2 aliphatic heterocycles. The highest BCUT2D eigenvalue weighted by molar-refractivity contribution is 6.05. The lowest BCUT2D eigenvalue weighted by molar-refractivity contribution is -0.121. The molecule has 3 heterocycles. The molecule has 0 bridgehead atoms. The van der Waals surface area contributed by atoms with Crippen molar-refractivity contribution in [3.05, 3.63) is 23.9 Å². The number of hydrazone groups is 1. The number of hydrogen-bond acceptors (Lipinski definition) is 4. The van der Waals surface area contributed by atoms with Crippen LogP contribution in [0, 0.1) is 5.92 Å². The van der Waals surface area contributed by atoms with E-state index in [0.717, 1.165) is 11.3 Å². The zero-order valence-corrected chi connectivity index (χ0v) is 11.1. The molecule has 2 N–H and O–H groups in total. The Bertz CT molecular complexity index is 581. The highest BCUT2D eigenvalue weighted by Gasteiger charge is 2.24. The molecule has 1 saturated heterocycles. The van der Waals surface area contributed by atoms with Crippen LogP contribution in [-0.2, 0) is 4.79 Å². The molecule has 0 aromatic carbocycles. The fourth-order valence-electron chi connectivity index (χ4n) is 2.39. The number of pyridine rings is 1. The molecule has 0 aliphatic carbocycles. The molecule has 7 heteroatoms. The molecule has 0 spiro atoms. The van der Waals surface area contributed by atoms with Gasteiger partial charge in [-0.1, -0.05) is 6.92 Å². The molecule has 1 fully saturated rings. The molecule has 1 aromatic heterocycles. The number of amides is 3. The zero-order valence-electron chi connectivity index (χ0n) is 11.1. The smallest absolute Gasteiger partial charge is 0.323 e. The van der Waals surface area contributed by atoms with Gasteiger partial charge in [0.25, 0.3) is 0 Å². The van der Waals surface area contributed by atoms with Gasteiger partial charge in [-0.25, -0.2) is 15.2 Å². The van der Waals surface area contributed by atoms with E-state index in [1.165, 1.54) is 0 Å². The van der Waals surface area contributed by atoms with Gasteiger partial charge in [-0.05, 0) is 12.1 Å². The highest BCUT2D eigenvalue weighted by atomic mass is 16.2. The predicted octanol–water partition coefficient (Wildman–Crippen LogP) is 0.471. The summed E-state index contributed by atoms with van der Waals surface area (Å²) in [4.78, 5) is 28.7. The summed E-state index contributed by atoms with van der Waals surface area (Å²) in [6.07, 6.45) is 2.11. The number of aromatic nitrogens is 1. The van der Waals surface area contributed by atoms with Crippen molar-refractivity contribution >= 4 is 23.5 Å². The van der Waals surface area contributed by atoms with Crippen molar-refractivity contribution in [2.45, 2.75) is 13.3 Å². The van der Waals surface area contributed by atoms with Crippen LogP contribution in [0.15, 0.2) is 23.4 Å². The van der Waals surface area contributed by atoms with Gasteiger partial charge in [0, 0.05) is 37.2 Å². The van der Waals surface area contributed by atoms with E-state index in [4.69, 9.17) is 0 Å². The van der Waals surface area contributed by atoms with E-state index >= 15 is 0 Å². The number of rotatable bonds is 2. The van der Waals surface area contributed by atoms with Gasteiger partial charge in [0.1, 0.15) is 5.82 Å². The van der Waals surface area contributed by atoms with Crippen molar-refractivity contribution in [1.29, 1.82) is 0 Å². The fourth-order valence-corrected chi connectivity index (χ4v) is 2.39. The Morgan fingerprint density at radius 2 is 2.20 bits per heavy atom. The van der Waals surface area contributed by atoms with E-state index in [0.29, 0.717) is 25.3 Å². The summed E-state index contributed by atoms with van der Waals surface area (Å²) in [5.41, 5.74) is 4.16. The number of carbonyl (C=O) groups excluding carboxylic acids is 2. The molecule has 3 rings (SSSR count). The van der Waals surface area contributed by atoms with Gasteiger partial charge in [-0.15, -0.1) is 0 Å². The second-order valence-electron chi connectivity index (χ2n) is 4.93. The number of urea groups is 1. The van der Waals surface area contributed by atoms with Crippen LogP contribution in [0.25, 0.3) is 0 Å². The lowest BCUT2D eigenvalue weighted by Gasteiger charge is -2.19. The Balaban J connectivity index is 1.83. The first-order valence-electron chi connectivity index (χ1n) is 6.53. The van der Waals surface area contributed by atoms with Gasteiger partial charge < -0.3 is 5.32 Å². The van der Waals surface area contributed by atoms with E-state index in [1.807, 2.05) is 13.0 Å². The van der Waals surface area contributed by atoms with Crippen LogP contribution in [0.4, 0.5) is 10.6 Å². The maximum Gasteiger partial charge on any atom is 0.323 e. The van der Waals surface area contributed by atoms with Crippen LogP contribution in [0.1, 0.15) is 18.9 Å². The third kappa shape index (κ3) is 2.22. The Kier molecular flexibility index (Phi) is 3.09. The summed E-state index contributed by atoms with van der Waals surface area (Å²) in [7, 11) is 0. The predicted molar refractivity (Wildman–Crippen MR) is 73.4 cm³/mol. The summed E-state index contributed by atoms with van der Waals surface area (Å²) < 4.78 is 0. The summed E-state index contributed by atoms with van der Waals surface area (Å²) >= 11 is 0. The van der Waals surface area contributed by atoms with Crippen LogP contribution >= 0.6 is 0 Å². The Hall–Kier alpha value is -2.44. The van der Waals surface area contributed by atoms with Crippen LogP contribution in [0.3, 0.4) is 0 Å². The first-order valence-corrected chi connectivity index (χ1v) is 6.53. The van der Waals surface area contributed by atoms with E-state index in [1.54, 1.807) is 17.2 Å². The van der Waals surface area contributed by atoms with E-state index < -0.39 is 0 Å². The first kappa shape index (κ1) is 12.6. The van der Waals surface area contributed by atoms with Crippen molar-refractivity contribution in [1.82, 2.24) is 15.7 Å². The van der Waals surface area contributed by atoms with Crippen LogP contribution < -0.4 is 15.6 Å². The molecule has 1 aromatic rings. The molecule has 0 radical (unpaired) electrons. The third-order valence-corrected chi connectivity index (χ3v) is 3.44. The normalized spacial score (nSPS) is 22.4. The quantitative estimate of drug-likeness (QED) is 0.821. The molecular weight excluding hydrogens is 258 g/mol. The summed E-state index contributed by atoms with van der Waals surface area (Å²) in [5.74, 6) is 0.614. The Morgan fingerprint density at radius 3 is 2.80 bits per heavy atom. The van der Waals surface area contributed by atoms with Crippen molar-refractivity contribution in [2.24, 2.45) is 11.0 Å². The van der Waals surface area contributed by atoms with Crippen LogP contribution in [0.2, 0.25) is 0 Å². The molecule has 3 amide bonds. The molecule has 2 aliphatic rings. The number of nitrogens with zero attached hydrogens (tertiary/aromatic N) is 3. The number of carbonyl (C=O) groups is 2. The maximum absolute atomic E-state index is 11.6. The van der Waals surface area contributed by atoms with Gasteiger partial charge in [0.2, 0.25) is 5.91 Å². The second kappa shape index (κ2) is 4.92. The Labute approximate surface area is 116 Å². The standard InChI is InChI=1S/C13H15N5O2/c1-8-6-11(19)16-17-12(8)9-2-3-10(15-7-9)18-5-4-14-13(18)20/h2-3,7-8H,4-6H2,1H3,(H,14,20)(H,16,19). The van der Waals surface area contributed by atoms with Crippen molar-refractivity contribution in [2.75, 3.05) is 18.0 Å². The number of anilines is 1. The van der Waals surface area contributed by atoms with E-state index in [2.05, 4.69) is 20.8 Å². The number of hydrogen-bond donors (Lipinski definition) is 2. The molecule has 0 saturated carbocycles. The van der Waals surface area contributed by atoms with Gasteiger partial charge in [0.05, 0.1) is 5.71 Å². The largest absolute Gasteiger partial charge is 0.336 e. The molecule has 7 nitrogen and oxygen atoms in total. The summed E-state index contributed by atoms with van der Waals surface area (Å²) in [5, 5.41) is 6.82. The minimum Gasteiger partial charge on any atom is -0.336 e. The maximum atomic E-state index is 11.6. The second-order valence-corrected chi connectivity index (χ2v) is 4.93.